The topological polar surface area (TPSA) is 32.5 Å². The highest BCUT2D eigenvalue weighted by molar-refractivity contribution is 4.67. The van der Waals surface area contributed by atoms with Gasteiger partial charge in [0.05, 0.1) is 6.67 Å². The Morgan fingerprint density at radius 3 is 2.15 bits per heavy atom. The number of hydrogen-bond acceptors (Lipinski definition) is 3. The molecule has 0 aromatic carbocycles. The van der Waals surface area contributed by atoms with Crippen molar-refractivity contribution in [2.24, 2.45) is 11.8 Å². The van der Waals surface area contributed by atoms with E-state index in [9.17, 15) is 0 Å². The predicted molar refractivity (Wildman–Crippen MR) is 58.1 cm³/mol. The first-order valence-corrected chi connectivity index (χ1v) is 5.36. The molecule has 0 spiro atoms. The van der Waals surface area contributed by atoms with Crippen LogP contribution in [0.3, 0.4) is 0 Å². The summed E-state index contributed by atoms with van der Waals surface area (Å²) in [5.74, 6) is 6.46. The molecule has 1 saturated heterocycles. The summed E-state index contributed by atoms with van der Waals surface area (Å²) < 4.78 is 0. The van der Waals surface area contributed by atoms with Crippen LogP contribution in [0.2, 0.25) is 0 Å². The number of hydrogen-bond donors (Lipinski definition) is 1. The highest BCUT2D eigenvalue weighted by Crippen LogP contribution is 2.15. The third-order valence-corrected chi connectivity index (χ3v) is 2.30. The molecular weight excluding hydrogens is 162 g/mol. The average Bonchev–Trinajstić information content (AvgIpc) is 2.12. The lowest BCUT2D eigenvalue weighted by Crippen LogP contribution is -2.43. The monoisotopic (exact) mass is 187 g/mol. The molecular formula is C10H25N3. The van der Waals surface area contributed by atoms with Crippen LogP contribution in [0.5, 0.6) is 0 Å². The standard InChI is InChI=1S/C8H19N3.C2H6/c1-8-3-5-11(6-4-8)7-10(2)9;1-2/h8H,3-7,9H2,1-2H3;1-2H3. The third kappa shape index (κ3) is 6.02. The molecule has 1 rings (SSSR count). The molecule has 80 valence electrons. The molecule has 0 saturated carbocycles. The van der Waals surface area contributed by atoms with Gasteiger partial charge in [-0.05, 0) is 31.8 Å². The van der Waals surface area contributed by atoms with Crippen molar-refractivity contribution in [2.75, 3.05) is 26.8 Å². The zero-order chi connectivity index (χ0) is 10.3. The summed E-state index contributed by atoms with van der Waals surface area (Å²) in [6.45, 7) is 9.65. The molecule has 0 aliphatic carbocycles. The van der Waals surface area contributed by atoms with E-state index in [-0.39, 0.29) is 0 Å². The van der Waals surface area contributed by atoms with E-state index < -0.39 is 0 Å². The van der Waals surface area contributed by atoms with Crippen LogP contribution in [0.4, 0.5) is 0 Å². The lowest BCUT2D eigenvalue weighted by Gasteiger charge is -2.31. The molecule has 1 aliphatic heterocycles. The van der Waals surface area contributed by atoms with Crippen LogP contribution in [0, 0.1) is 5.92 Å². The summed E-state index contributed by atoms with van der Waals surface area (Å²) in [6, 6.07) is 0. The van der Waals surface area contributed by atoms with Crippen LogP contribution in [-0.2, 0) is 0 Å². The Balaban J connectivity index is 0.000000671. The molecule has 3 heteroatoms. The van der Waals surface area contributed by atoms with Crippen LogP contribution >= 0.6 is 0 Å². The summed E-state index contributed by atoms with van der Waals surface area (Å²) >= 11 is 0. The molecule has 1 heterocycles. The first-order valence-electron chi connectivity index (χ1n) is 5.36. The molecule has 0 unspecified atom stereocenters. The second-order valence-corrected chi connectivity index (χ2v) is 3.70. The molecule has 0 bridgehead atoms. The first-order chi connectivity index (χ1) is 6.18. The molecule has 0 aromatic heterocycles. The van der Waals surface area contributed by atoms with Crippen LogP contribution in [0.25, 0.3) is 0 Å². The molecule has 13 heavy (non-hydrogen) atoms. The smallest absolute Gasteiger partial charge is 0.0640 e. The zero-order valence-corrected chi connectivity index (χ0v) is 9.58. The van der Waals surface area contributed by atoms with Gasteiger partial charge in [0.1, 0.15) is 0 Å². The van der Waals surface area contributed by atoms with Crippen LogP contribution in [-0.4, -0.2) is 36.7 Å². The van der Waals surface area contributed by atoms with Crippen molar-refractivity contribution in [3.63, 3.8) is 0 Å². The van der Waals surface area contributed by atoms with Crippen molar-refractivity contribution in [3.05, 3.63) is 0 Å². The van der Waals surface area contributed by atoms with Gasteiger partial charge in [0.2, 0.25) is 0 Å². The Hall–Kier alpha value is -0.120. The first kappa shape index (κ1) is 12.9. The summed E-state index contributed by atoms with van der Waals surface area (Å²) in [5.41, 5.74) is 0. The van der Waals surface area contributed by atoms with Gasteiger partial charge in [-0.2, -0.15) is 0 Å². The third-order valence-electron chi connectivity index (χ3n) is 2.30. The van der Waals surface area contributed by atoms with E-state index in [2.05, 4.69) is 11.8 Å². The summed E-state index contributed by atoms with van der Waals surface area (Å²) in [6.07, 6.45) is 2.65. The Labute approximate surface area is 82.9 Å². The van der Waals surface area contributed by atoms with E-state index in [1.807, 2.05) is 20.9 Å². The lowest BCUT2D eigenvalue weighted by atomic mass is 10.00. The van der Waals surface area contributed by atoms with E-state index in [0.717, 1.165) is 12.6 Å². The highest BCUT2D eigenvalue weighted by atomic mass is 15.5. The van der Waals surface area contributed by atoms with Gasteiger partial charge in [-0.1, -0.05) is 20.8 Å². The Kier molecular flexibility index (Phi) is 7.23. The number of hydrazine groups is 1. The fourth-order valence-corrected chi connectivity index (χ4v) is 1.52. The Morgan fingerprint density at radius 1 is 1.31 bits per heavy atom. The molecule has 0 atom stereocenters. The summed E-state index contributed by atoms with van der Waals surface area (Å²) in [4.78, 5) is 2.40. The fourth-order valence-electron chi connectivity index (χ4n) is 1.52. The van der Waals surface area contributed by atoms with Gasteiger partial charge in [-0.25, -0.2) is 5.01 Å². The highest BCUT2D eigenvalue weighted by Gasteiger charge is 2.15. The molecule has 2 N–H and O–H groups in total. The van der Waals surface area contributed by atoms with Gasteiger partial charge < -0.3 is 0 Å². The normalized spacial score (nSPS) is 19.8. The van der Waals surface area contributed by atoms with Crippen molar-refractivity contribution in [1.29, 1.82) is 0 Å². The molecule has 0 amide bonds. The van der Waals surface area contributed by atoms with Crippen molar-refractivity contribution >= 4 is 0 Å². The summed E-state index contributed by atoms with van der Waals surface area (Å²) in [7, 11) is 1.91. The van der Waals surface area contributed by atoms with Crippen molar-refractivity contribution in [3.8, 4) is 0 Å². The minimum absolute atomic E-state index is 0.909. The van der Waals surface area contributed by atoms with E-state index >= 15 is 0 Å². The zero-order valence-electron chi connectivity index (χ0n) is 9.58. The van der Waals surface area contributed by atoms with Gasteiger partial charge >= 0.3 is 0 Å². The molecule has 1 aliphatic rings. The number of nitrogens with two attached hydrogens (primary N) is 1. The van der Waals surface area contributed by atoms with Gasteiger partial charge in [0.25, 0.3) is 0 Å². The maximum atomic E-state index is 5.55. The largest absolute Gasteiger partial charge is 0.289 e. The maximum Gasteiger partial charge on any atom is 0.0640 e. The molecule has 1 fully saturated rings. The van der Waals surface area contributed by atoms with E-state index in [0.29, 0.717) is 0 Å². The van der Waals surface area contributed by atoms with E-state index in [1.54, 1.807) is 5.01 Å². The van der Waals surface area contributed by atoms with Gasteiger partial charge in [-0.15, -0.1) is 0 Å². The fraction of sp³-hybridized carbons (Fsp3) is 1.00. The van der Waals surface area contributed by atoms with Gasteiger partial charge in [0.15, 0.2) is 0 Å². The molecule has 0 radical (unpaired) electrons. The van der Waals surface area contributed by atoms with Gasteiger partial charge in [-0.3, -0.25) is 10.7 Å². The lowest BCUT2D eigenvalue weighted by molar-refractivity contribution is 0.116. The van der Waals surface area contributed by atoms with E-state index in [4.69, 9.17) is 5.84 Å². The Morgan fingerprint density at radius 2 is 1.77 bits per heavy atom. The van der Waals surface area contributed by atoms with Crippen molar-refractivity contribution < 1.29 is 0 Å². The molecule has 3 nitrogen and oxygen atoms in total. The number of likely N-dealkylation sites (tertiary alicyclic amines) is 1. The molecule has 0 aromatic rings. The second kappa shape index (κ2) is 7.30. The van der Waals surface area contributed by atoms with E-state index in [1.165, 1.54) is 25.9 Å². The minimum atomic E-state index is 0.909. The average molecular weight is 187 g/mol. The Bertz CT molecular complexity index is 107. The maximum absolute atomic E-state index is 5.55. The van der Waals surface area contributed by atoms with Crippen LogP contribution < -0.4 is 5.84 Å². The SMILES string of the molecule is CC.CC1CCN(CN(C)N)CC1. The van der Waals surface area contributed by atoms with Gasteiger partial charge in [0, 0.05) is 7.05 Å². The quantitative estimate of drug-likeness (QED) is 0.525. The van der Waals surface area contributed by atoms with Crippen LogP contribution in [0.1, 0.15) is 33.6 Å². The van der Waals surface area contributed by atoms with Crippen molar-refractivity contribution in [1.82, 2.24) is 9.91 Å². The second-order valence-electron chi connectivity index (χ2n) is 3.70. The minimum Gasteiger partial charge on any atom is -0.289 e. The predicted octanol–water partition coefficient (Wildman–Crippen LogP) is 1.51. The number of rotatable bonds is 2. The summed E-state index contributed by atoms with van der Waals surface area (Å²) in [5, 5.41) is 1.75. The number of piperidine rings is 1. The van der Waals surface area contributed by atoms with Crippen molar-refractivity contribution in [2.45, 2.75) is 33.6 Å². The van der Waals surface area contributed by atoms with Crippen LogP contribution in [0.15, 0.2) is 0 Å². The number of nitrogens with zero attached hydrogens (tertiary/aromatic N) is 2.